The third-order valence-electron chi connectivity index (χ3n) is 2.45. The molecule has 0 fully saturated rings. The normalized spacial score (nSPS) is 10.2. The molecule has 0 amide bonds. The third-order valence-corrected chi connectivity index (χ3v) is 3.06. The summed E-state index contributed by atoms with van der Waals surface area (Å²) in [6.45, 7) is 0. The first-order chi connectivity index (χ1) is 9.33. The number of carbonyl (C=O) groups excluding carboxylic acids is 2. The molecule has 0 saturated carbocycles. The van der Waals surface area contributed by atoms with E-state index in [0.29, 0.717) is 0 Å². The first-order valence-electron chi connectivity index (χ1n) is 5.12. The largest absolute Gasteiger partial charge is 0.468 e. The van der Waals surface area contributed by atoms with Gasteiger partial charge < -0.3 is 9.47 Å². The smallest absolute Gasteiger partial charge is 0.324 e. The highest BCUT2D eigenvalue weighted by Crippen LogP contribution is 2.33. The van der Waals surface area contributed by atoms with Crippen LogP contribution in [0, 0.1) is 15.9 Å². The number of rotatable bonds is 4. The lowest BCUT2D eigenvalue weighted by Crippen LogP contribution is -2.25. The molecule has 0 saturated heterocycles. The first kappa shape index (κ1) is 16.0. The predicted molar refractivity (Wildman–Crippen MR) is 67.5 cm³/mol. The average Bonchev–Trinajstić information content (AvgIpc) is 2.41. The van der Waals surface area contributed by atoms with Gasteiger partial charge in [-0.1, -0.05) is 0 Å². The summed E-state index contributed by atoms with van der Waals surface area (Å²) in [5.74, 6) is -4.75. The van der Waals surface area contributed by atoms with Crippen molar-refractivity contribution in [1.82, 2.24) is 0 Å². The van der Waals surface area contributed by atoms with Gasteiger partial charge in [-0.15, -0.1) is 0 Å². The lowest BCUT2D eigenvalue weighted by molar-refractivity contribution is -0.385. The van der Waals surface area contributed by atoms with Gasteiger partial charge in [0.1, 0.15) is 5.82 Å². The quantitative estimate of drug-likeness (QED) is 0.356. The summed E-state index contributed by atoms with van der Waals surface area (Å²) >= 11 is 2.79. The zero-order chi connectivity index (χ0) is 15.4. The summed E-state index contributed by atoms with van der Waals surface area (Å²) in [5.41, 5.74) is -1.03. The SMILES string of the molecule is COC(=O)C(C(=O)OC)c1cc(F)c(Br)cc1[N+](=O)[O-]. The molecule has 0 N–H and O–H groups in total. The van der Waals surface area contributed by atoms with E-state index in [2.05, 4.69) is 25.4 Å². The fourth-order valence-corrected chi connectivity index (χ4v) is 1.86. The molecule has 7 nitrogen and oxygen atoms in total. The number of carbonyl (C=O) groups is 2. The molecule has 0 unspecified atom stereocenters. The Morgan fingerprint density at radius 2 is 1.80 bits per heavy atom. The minimum atomic E-state index is -1.73. The molecule has 0 atom stereocenters. The Balaban J connectivity index is 3.54. The van der Waals surface area contributed by atoms with Gasteiger partial charge in [-0.25, -0.2) is 4.39 Å². The topological polar surface area (TPSA) is 95.7 Å². The molecule has 0 aliphatic heterocycles. The van der Waals surface area contributed by atoms with Crippen LogP contribution in [0.25, 0.3) is 0 Å². The molecule has 0 radical (unpaired) electrons. The standard InChI is InChI=1S/C11H9BrFNO6/c1-19-10(15)9(11(16)20-2)5-3-7(13)6(12)4-8(5)14(17)18/h3-4,9H,1-2H3. The zero-order valence-corrected chi connectivity index (χ0v) is 12.0. The van der Waals surface area contributed by atoms with Crippen LogP contribution in [0.1, 0.15) is 11.5 Å². The lowest BCUT2D eigenvalue weighted by atomic mass is 9.97. The fourth-order valence-electron chi connectivity index (χ4n) is 1.53. The van der Waals surface area contributed by atoms with Crippen molar-refractivity contribution in [2.75, 3.05) is 14.2 Å². The van der Waals surface area contributed by atoms with Gasteiger partial charge in [0.15, 0.2) is 5.92 Å². The number of nitro benzene ring substituents is 1. The summed E-state index contributed by atoms with van der Waals surface area (Å²) in [5, 5.41) is 11.0. The Hall–Kier alpha value is -2.03. The maximum atomic E-state index is 13.5. The number of ether oxygens (including phenoxy) is 2. The molecule has 0 heterocycles. The zero-order valence-electron chi connectivity index (χ0n) is 10.4. The van der Waals surface area contributed by atoms with Crippen LogP contribution in [-0.4, -0.2) is 31.1 Å². The number of halogens is 2. The molecule has 0 bridgehead atoms. The molecule has 0 aliphatic carbocycles. The highest BCUT2D eigenvalue weighted by Gasteiger charge is 2.37. The van der Waals surface area contributed by atoms with Gasteiger partial charge in [0.2, 0.25) is 0 Å². The van der Waals surface area contributed by atoms with E-state index in [-0.39, 0.29) is 4.47 Å². The van der Waals surface area contributed by atoms with E-state index in [1.54, 1.807) is 0 Å². The van der Waals surface area contributed by atoms with Crippen molar-refractivity contribution < 1.29 is 28.4 Å². The number of nitro groups is 1. The number of methoxy groups -OCH3 is 2. The highest BCUT2D eigenvalue weighted by molar-refractivity contribution is 9.10. The minimum absolute atomic E-state index is 0.165. The number of hydrogen-bond acceptors (Lipinski definition) is 6. The molecule has 0 aliphatic rings. The lowest BCUT2D eigenvalue weighted by Gasteiger charge is -2.13. The molecule has 0 aromatic heterocycles. The number of nitrogens with zero attached hydrogens (tertiary/aromatic N) is 1. The first-order valence-corrected chi connectivity index (χ1v) is 5.91. The molecular weight excluding hydrogens is 341 g/mol. The average molecular weight is 350 g/mol. The minimum Gasteiger partial charge on any atom is -0.468 e. The van der Waals surface area contributed by atoms with Crippen molar-refractivity contribution in [3.8, 4) is 0 Å². The van der Waals surface area contributed by atoms with Gasteiger partial charge in [0.25, 0.3) is 5.69 Å². The van der Waals surface area contributed by atoms with Crippen LogP contribution in [-0.2, 0) is 19.1 Å². The van der Waals surface area contributed by atoms with Crippen molar-refractivity contribution in [2.24, 2.45) is 0 Å². The maximum Gasteiger partial charge on any atom is 0.324 e. The Morgan fingerprint density at radius 1 is 1.30 bits per heavy atom. The van der Waals surface area contributed by atoms with Crippen LogP contribution in [0.5, 0.6) is 0 Å². The van der Waals surface area contributed by atoms with E-state index >= 15 is 0 Å². The van der Waals surface area contributed by atoms with E-state index in [4.69, 9.17) is 0 Å². The van der Waals surface area contributed by atoms with Crippen LogP contribution in [0.2, 0.25) is 0 Å². The summed E-state index contributed by atoms with van der Waals surface area (Å²) in [7, 11) is 2.00. The van der Waals surface area contributed by atoms with Crippen LogP contribution < -0.4 is 0 Å². The number of esters is 2. The third kappa shape index (κ3) is 3.10. The van der Waals surface area contributed by atoms with Gasteiger partial charge in [-0.2, -0.15) is 0 Å². The van der Waals surface area contributed by atoms with Gasteiger partial charge in [-0.3, -0.25) is 19.7 Å². The van der Waals surface area contributed by atoms with Crippen molar-refractivity contribution >= 4 is 33.6 Å². The number of hydrogen-bond donors (Lipinski definition) is 0. The van der Waals surface area contributed by atoms with Gasteiger partial charge >= 0.3 is 11.9 Å². The van der Waals surface area contributed by atoms with Crippen molar-refractivity contribution in [2.45, 2.75) is 5.92 Å². The second-order valence-electron chi connectivity index (χ2n) is 3.56. The Kier molecular flexibility index (Phi) is 5.14. The van der Waals surface area contributed by atoms with Gasteiger partial charge in [0.05, 0.1) is 29.2 Å². The maximum absolute atomic E-state index is 13.5. The van der Waals surface area contributed by atoms with E-state index in [1.165, 1.54) is 0 Å². The molecule has 0 spiro atoms. The van der Waals surface area contributed by atoms with Gasteiger partial charge in [-0.05, 0) is 22.0 Å². The van der Waals surface area contributed by atoms with Crippen molar-refractivity contribution in [3.63, 3.8) is 0 Å². The highest BCUT2D eigenvalue weighted by atomic mass is 79.9. The fraction of sp³-hybridized carbons (Fsp3) is 0.273. The Labute approximate surface area is 120 Å². The Bertz CT molecular complexity index is 560. The second-order valence-corrected chi connectivity index (χ2v) is 4.42. The Morgan fingerprint density at radius 3 is 2.20 bits per heavy atom. The van der Waals surface area contributed by atoms with Gasteiger partial charge in [0, 0.05) is 6.07 Å². The number of benzene rings is 1. The molecule has 1 aromatic rings. The summed E-state index contributed by atoms with van der Waals surface area (Å²) < 4.78 is 22.2. The molecule has 108 valence electrons. The molecular formula is C11H9BrFNO6. The van der Waals surface area contributed by atoms with Crippen LogP contribution in [0.3, 0.4) is 0 Å². The van der Waals surface area contributed by atoms with Crippen molar-refractivity contribution in [1.29, 1.82) is 0 Å². The van der Waals surface area contributed by atoms with Crippen LogP contribution in [0.4, 0.5) is 10.1 Å². The summed E-state index contributed by atoms with van der Waals surface area (Å²) in [6, 6.07) is 1.59. The second kappa shape index (κ2) is 6.42. The van der Waals surface area contributed by atoms with Crippen molar-refractivity contribution in [3.05, 3.63) is 38.1 Å². The van der Waals surface area contributed by atoms with E-state index in [0.717, 1.165) is 26.4 Å². The van der Waals surface area contributed by atoms with E-state index in [9.17, 15) is 24.1 Å². The molecule has 9 heteroatoms. The van der Waals surface area contributed by atoms with E-state index < -0.39 is 39.8 Å². The molecule has 1 rings (SSSR count). The van der Waals surface area contributed by atoms with Crippen LogP contribution >= 0.6 is 15.9 Å². The summed E-state index contributed by atoms with van der Waals surface area (Å²) in [6.07, 6.45) is 0. The monoisotopic (exact) mass is 349 g/mol. The predicted octanol–water partition coefficient (Wildman–Crippen LogP) is 1.93. The summed E-state index contributed by atoms with van der Waals surface area (Å²) in [4.78, 5) is 33.3. The van der Waals surface area contributed by atoms with E-state index in [1.807, 2.05) is 0 Å². The molecule has 1 aromatic carbocycles. The molecule has 20 heavy (non-hydrogen) atoms. The van der Waals surface area contributed by atoms with Crippen LogP contribution in [0.15, 0.2) is 16.6 Å².